The molecule has 0 radical (unpaired) electrons. The van der Waals surface area contributed by atoms with Gasteiger partial charge in [0.25, 0.3) is 0 Å². The third kappa shape index (κ3) is 2.02. The number of aromatic nitrogens is 1. The Morgan fingerprint density at radius 2 is 2.00 bits per heavy atom. The van der Waals surface area contributed by atoms with E-state index >= 15 is 0 Å². The molecular weight excluding hydrogens is 255 g/mol. The van der Waals surface area contributed by atoms with Crippen LogP contribution in [0.1, 0.15) is 23.0 Å². The second kappa shape index (κ2) is 3.77. The molecule has 1 heterocycles. The van der Waals surface area contributed by atoms with Crippen LogP contribution < -0.4 is 0 Å². The lowest BCUT2D eigenvalue weighted by Gasteiger charge is -2.05. The predicted molar refractivity (Wildman–Crippen MR) is 58.3 cm³/mol. The molecule has 90 valence electrons. The monoisotopic (exact) mass is 261 g/mol. The summed E-state index contributed by atoms with van der Waals surface area (Å²) in [7, 11) is 0. The van der Waals surface area contributed by atoms with Crippen molar-refractivity contribution in [1.82, 2.24) is 4.98 Å². The van der Waals surface area contributed by atoms with Gasteiger partial charge >= 0.3 is 6.18 Å². The third-order valence-corrected chi connectivity index (χ3v) is 2.63. The van der Waals surface area contributed by atoms with Gasteiger partial charge in [0, 0.05) is 15.9 Å². The van der Waals surface area contributed by atoms with Crippen molar-refractivity contribution >= 4 is 28.3 Å². The van der Waals surface area contributed by atoms with Crippen molar-refractivity contribution in [3.05, 3.63) is 34.5 Å². The molecule has 2 rings (SSSR count). The van der Waals surface area contributed by atoms with E-state index in [9.17, 15) is 18.0 Å². The Labute approximate surface area is 99.4 Å². The maximum atomic E-state index is 12.7. The van der Waals surface area contributed by atoms with Crippen LogP contribution in [-0.2, 0) is 6.18 Å². The van der Waals surface area contributed by atoms with Crippen LogP contribution in [0.4, 0.5) is 13.2 Å². The summed E-state index contributed by atoms with van der Waals surface area (Å²) >= 11 is 5.71. The van der Waals surface area contributed by atoms with Crippen LogP contribution in [0, 0.1) is 0 Å². The number of hydrogen-bond acceptors (Lipinski definition) is 1. The van der Waals surface area contributed by atoms with E-state index in [0.717, 1.165) is 6.92 Å². The number of nitrogens with one attached hydrogen (secondary N) is 1. The summed E-state index contributed by atoms with van der Waals surface area (Å²) in [6.45, 7) is 1.10. The van der Waals surface area contributed by atoms with Crippen LogP contribution in [0.25, 0.3) is 10.9 Å². The Bertz CT molecular complexity index is 601. The molecule has 0 spiro atoms. The van der Waals surface area contributed by atoms with Crippen molar-refractivity contribution < 1.29 is 18.0 Å². The molecule has 0 aliphatic carbocycles. The van der Waals surface area contributed by atoms with Crippen LogP contribution in [0.2, 0.25) is 5.02 Å². The summed E-state index contributed by atoms with van der Waals surface area (Å²) in [6.07, 6.45) is -4.59. The smallest absolute Gasteiger partial charge is 0.350 e. The summed E-state index contributed by atoms with van der Waals surface area (Å²) < 4.78 is 38.2. The van der Waals surface area contributed by atoms with Crippen LogP contribution in [-0.4, -0.2) is 10.8 Å². The molecule has 1 N–H and O–H groups in total. The average molecular weight is 262 g/mol. The fraction of sp³-hybridized carbons (Fsp3) is 0.182. The van der Waals surface area contributed by atoms with Crippen molar-refractivity contribution in [2.45, 2.75) is 13.1 Å². The number of halogens is 4. The van der Waals surface area contributed by atoms with Gasteiger partial charge < -0.3 is 4.98 Å². The maximum Gasteiger partial charge on any atom is 0.431 e. The van der Waals surface area contributed by atoms with Gasteiger partial charge in [0.1, 0.15) is 5.69 Å². The van der Waals surface area contributed by atoms with E-state index in [2.05, 4.69) is 4.98 Å². The van der Waals surface area contributed by atoms with Crippen molar-refractivity contribution in [3.63, 3.8) is 0 Å². The Morgan fingerprint density at radius 3 is 2.53 bits per heavy atom. The molecule has 17 heavy (non-hydrogen) atoms. The first-order valence-electron chi connectivity index (χ1n) is 4.70. The van der Waals surface area contributed by atoms with Gasteiger partial charge in [0.05, 0.1) is 5.56 Å². The highest BCUT2D eigenvalue weighted by molar-refractivity contribution is 6.31. The van der Waals surface area contributed by atoms with Gasteiger partial charge in [0.2, 0.25) is 0 Å². The highest BCUT2D eigenvalue weighted by Gasteiger charge is 2.37. The van der Waals surface area contributed by atoms with Crippen molar-refractivity contribution in [1.29, 1.82) is 0 Å². The van der Waals surface area contributed by atoms with Gasteiger partial charge in [0.15, 0.2) is 5.78 Å². The van der Waals surface area contributed by atoms with E-state index < -0.39 is 17.7 Å². The number of benzene rings is 1. The van der Waals surface area contributed by atoms with Crippen LogP contribution in [0.15, 0.2) is 18.2 Å². The van der Waals surface area contributed by atoms with Crippen molar-refractivity contribution in [3.8, 4) is 0 Å². The van der Waals surface area contributed by atoms with Gasteiger partial charge in [-0.2, -0.15) is 13.2 Å². The highest BCUT2D eigenvalue weighted by Crippen LogP contribution is 2.36. The van der Waals surface area contributed by atoms with Crippen LogP contribution in [0.5, 0.6) is 0 Å². The Hall–Kier alpha value is -1.49. The summed E-state index contributed by atoms with van der Waals surface area (Å²) in [5.41, 5.74) is -1.15. The van der Waals surface area contributed by atoms with E-state index in [0.29, 0.717) is 0 Å². The molecule has 2 nitrogen and oxygen atoms in total. The molecule has 0 saturated carbocycles. The number of aromatic amines is 1. The SMILES string of the molecule is CC(=O)c1c(C(F)(F)F)[nH]c2ccc(Cl)cc12. The van der Waals surface area contributed by atoms with Crippen molar-refractivity contribution in [2.24, 2.45) is 0 Å². The van der Waals surface area contributed by atoms with Gasteiger partial charge in [-0.15, -0.1) is 0 Å². The lowest BCUT2D eigenvalue weighted by molar-refractivity contribution is -0.140. The molecule has 0 aliphatic heterocycles. The largest absolute Gasteiger partial charge is 0.431 e. The molecule has 0 bridgehead atoms. The quantitative estimate of drug-likeness (QED) is 0.772. The van der Waals surface area contributed by atoms with Crippen LogP contribution >= 0.6 is 11.6 Å². The molecule has 0 fully saturated rings. The lowest BCUT2D eigenvalue weighted by atomic mass is 10.1. The second-order valence-corrected chi connectivity index (χ2v) is 4.06. The zero-order chi connectivity index (χ0) is 12.8. The number of fused-ring (bicyclic) bond motifs is 1. The van der Waals surface area contributed by atoms with E-state index in [1.165, 1.54) is 18.2 Å². The fourth-order valence-corrected chi connectivity index (χ4v) is 1.91. The van der Waals surface area contributed by atoms with Gasteiger partial charge in [-0.3, -0.25) is 4.79 Å². The number of Topliss-reactive ketones (excluding diaryl/α,β-unsaturated/α-hetero) is 1. The molecule has 0 amide bonds. The Kier molecular flexibility index (Phi) is 2.66. The Balaban J connectivity index is 2.86. The highest BCUT2D eigenvalue weighted by atomic mass is 35.5. The Morgan fingerprint density at radius 1 is 1.35 bits per heavy atom. The summed E-state index contributed by atoms with van der Waals surface area (Å²) in [5.74, 6) is -0.647. The van der Waals surface area contributed by atoms with Crippen molar-refractivity contribution in [2.75, 3.05) is 0 Å². The molecule has 1 aromatic heterocycles. The number of hydrogen-bond donors (Lipinski definition) is 1. The fourth-order valence-electron chi connectivity index (χ4n) is 1.74. The maximum absolute atomic E-state index is 12.7. The topological polar surface area (TPSA) is 32.9 Å². The zero-order valence-corrected chi connectivity index (χ0v) is 9.41. The van der Waals surface area contributed by atoms with Gasteiger partial charge in [-0.05, 0) is 25.1 Å². The molecule has 0 saturated heterocycles. The molecule has 2 aromatic rings. The molecule has 6 heteroatoms. The van der Waals surface area contributed by atoms with Gasteiger partial charge in [-0.1, -0.05) is 11.6 Å². The summed E-state index contributed by atoms with van der Waals surface area (Å²) in [4.78, 5) is 13.5. The zero-order valence-electron chi connectivity index (χ0n) is 8.65. The number of ketones is 1. The molecule has 0 aliphatic rings. The molecular formula is C11H7ClF3NO. The first-order valence-corrected chi connectivity index (χ1v) is 5.08. The third-order valence-electron chi connectivity index (χ3n) is 2.40. The molecule has 0 unspecified atom stereocenters. The summed E-state index contributed by atoms with van der Waals surface area (Å²) in [6, 6.07) is 4.23. The van der Waals surface area contributed by atoms with E-state index in [1.807, 2.05) is 0 Å². The normalized spacial score (nSPS) is 12.1. The number of carbonyl (C=O) groups excluding carboxylic acids is 1. The molecule has 0 atom stereocenters. The molecule has 1 aromatic carbocycles. The van der Waals surface area contributed by atoms with E-state index in [4.69, 9.17) is 11.6 Å². The number of alkyl halides is 3. The van der Waals surface area contributed by atoms with E-state index in [1.54, 1.807) is 0 Å². The number of carbonyl (C=O) groups is 1. The minimum absolute atomic E-state index is 0.192. The van der Waals surface area contributed by atoms with Gasteiger partial charge in [-0.25, -0.2) is 0 Å². The lowest BCUT2D eigenvalue weighted by Crippen LogP contribution is -2.10. The predicted octanol–water partition coefficient (Wildman–Crippen LogP) is 4.04. The minimum atomic E-state index is -4.59. The second-order valence-electron chi connectivity index (χ2n) is 3.62. The number of rotatable bonds is 1. The van der Waals surface area contributed by atoms with Crippen LogP contribution in [0.3, 0.4) is 0 Å². The first-order chi connectivity index (χ1) is 7.80. The average Bonchev–Trinajstić information content (AvgIpc) is 2.55. The summed E-state index contributed by atoms with van der Waals surface area (Å²) in [5, 5.41) is 0.477. The first kappa shape index (κ1) is 12.0. The van der Waals surface area contributed by atoms with E-state index in [-0.39, 0.29) is 21.5 Å². The number of H-pyrrole nitrogens is 1. The minimum Gasteiger partial charge on any atom is -0.350 e. The standard InChI is InChI=1S/C11H7ClF3NO/c1-5(17)9-7-4-6(12)2-3-8(7)16-10(9)11(13,14)15/h2-4,16H,1H3.